The molecule has 0 aliphatic heterocycles. The van der Waals surface area contributed by atoms with Crippen molar-refractivity contribution in [1.29, 1.82) is 0 Å². The molecule has 0 spiro atoms. The molecule has 0 aliphatic carbocycles. The maximum atomic E-state index is 12.1. The highest BCUT2D eigenvalue weighted by molar-refractivity contribution is 7.99. The van der Waals surface area contributed by atoms with E-state index in [1.165, 1.54) is 4.88 Å². The first-order chi connectivity index (χ1) is 11.3. The number of ketones is 1. The quantitative estimate of drug-likeness (QED) is 0.262. The number of benzene rings is 1. The molecule has 5 heteroatoms. The molecule has 1 aromatic carbocycles. The third-order valence-electron chi connectivity index (χ3n) is 3.58. The molecule has 3 rings (SSSR count). The van der Waals surface area contributed by atoms with Crippen molar-refractivity contribution in [3.8, 4) is 0 Å². The van der Waals surface area contributed by atoms with Gasteiger partial charge in [0.25, 0.3) is 0 Å². The number of thioether (sulfide) groups is 1. The Kier molecular flexibility index (Phi) is 5.41. The van der Waals surface area contributed by atoms with Gasteiger partial charge in [0, 0.05) is 22.2 Å². The summed E-state index contributed by atoms with van der Waals surface area (Å²) in [4.78, 5) is 23.2. The van der Waals surface area contributed by atoms with Crippen molar-refractivity contribution >= 4 is 39.1 Å². The number of fused-ring (bicyclic) bond motifs is 1. The van der Waals surface area contributed by atoms with Crippen molar-refractivity contribution in [3.63, 3.8) is 0 Å². The largest absolute Gasteiger partial charge is 0.294 e. The first-order valence-electron chi connectivity index (χ1n) is 7.72. The number of Topliss-reactive ketones (excluding diaryl/α,β-unsaturated/α-hetero) is 1. The van der Waals surface area contributed by atoms with E-state index >= 15 is 0 Å². The second-order valence-electron chi connectivity index (χ2n) is 5.21. The van der Waals surface area contributed by atoms with E-state index in [0.717, 1.165) is 39.4 Å². The second-order valence-corrected chi connectivity index (χ2v) is 7.40. The number of hydrogen-bond acceptors (Lipinski definition) is 5. The van der Waals surface area contributed by atoms with E-state index in [1.807, 2.05) is 30.3 Å². The van der Waals surface area contributed by atoms with Crippen LogP contribution in [0.1, 0.15) is 35.0 Å². The smallest absolute Gasteiger partial charge is 0.162 e. The van der Waals surface area contributed by atoms with Crippen LogP contribution >= 0.6 is 23.1 Å². The number of hydrogen-bond donors (Lipinski definition) is 0. The molecule has 0 saturated carbocycles. The maximum absolute atomic E-state index is 12.1. The minimum Gasteiger partial charge on any atom is -0.294 e. The zero-order valence-corrected chi connectivity index (χ0v) is 14.6. The minimum absolute atomic E-state index is 0.211. The monoisotopic (exact) mass is 342 g/mol. The first kappa shape index (κ1) is 16.1. The van der Waals surface area contributed by atoms with Crippen LogP contribution in [0.25, 0.3) is 10.2 Å². The summed E-state index contributed by atoms with van der Waals surface area (Å²) in [5.74, 6) is 1.10. The topological polar surface area (TPSA) is 42.9 Å². The molecular formula is C18H18N2OS2. The average Bonchev–Trinajstić information content (AvgIpc) is 3.03. The molecule has 23 heavy (non-hydrogen) atoms. The van der Waals surface area contributed by atoms with Crippen LogP contribution in [0.5, 0.6) is 0 Å². The first-order valence-corrected chi connectivity index (χ1v) is 9.52. The maximum Gasteiger partial charge on any atom is 0.162 e. The van der Waals surface area contributed by atoms with E-state index in [4.69, 9.17) is 0 Å². The van der Waals surface area contributed by atoms with Crippen LogP contribution in [0.15, 0.2) is 47.8 Å². The normalized spacial score (nSPS) is 11.0. The van der Waals surface area contributed by atoms with Crippen molar-refractivity contribution in [2.24, 2.45) is 0 Å². The molecule has 0 aliphatic rings. The lowest BCUT2D eigenvalue weighted by Crippen LogP contribution is -1.99. The van der Waals surface area contributed by atoms with E-state index < -0.39 is 0 Å². The molecular weight excluding hydrogens is 324 g/mol. The summed E-state index contributed by atoms with van der Waals surface area (Å²) in [6.45, 7) is 2.15. The van der Waals surface area contributed by atoms with Gasteiger partial charge in [0.15, 0.2) is 5.78 Å². The highest BCUT2D eigenvalue weighted by atomic mass is 32.2. The van der Waals surface area contributed by atoms with Crippen LogP contribution in [0.2, 0.25) is 0 Å². The summed E-state index contributed by atoms with van der Waals surface area (Å²) in [5.41, 5.74) is 0.798. The molecule has 3 aromatic rings. The Hall–Kier alpha value is -1.72. The molecule has 0 saturated heterocycles. The Balaban J connectivity index is 1.57. The Morgan fingerprint density at radius 2 is 2.04 bits per heavy atom. The van der Waals surface area contributed by atoms with Crippen LogP contribution in [-0.4, -0.2) is 21.5 Å². The van der Waals surface area contributed by atoms with E-state index in [9.17, 15) is 4.79 Å². The average molecular weight is 342 g/mol. The molecule has 0 radical (unpaired) electrons. The molecule has 0 fully saturated rings. The van der Waals surface area contributed by atoms with Gasteiger partial charge < -0.3 is 0 Å². The lowest BCUT2D eigenvalue weighted by Gasteiger charge is -2.02. The van der Waals surface area contributed by atoms with Crippen LogP contribution in [0.4, 0.5) is 0 Å². The summed E-state index contributed by atoms with van der Waals surface area (Å²) in [6, 6.07) is 11.7. The van der Waals surface area contributed by atoms with Gasteiger partial charge >= 0.3 is 0 Å². The third-order valence-corrected chi connectivity index (χ3v) is 5.85. The zero-order chi connectivity index (χ0) is 16.1. The fourth-order valence-corrected chi connectivity index (χ4v) is 4.26. The summed E-state index contributed by atoms with van der Waals surface area (Å²) in [7, 11) is 0. The van der Waals surface area contributed by atoms with E-state index in [2.05, 4.69) is 23.0 Å². The lowest BCUT2D eigenvalue weighted by molar-refractivity contribution is 0.0982. The van der Waals surface area contributed by atoms with Gasteiger partial charge in [0.05, 0.1) is 0 Å². The third kappa shape index (κ3) is 3.98. The fraction of sp³-hybridized carbons (Fsp3) is 0.278. The zero-order valence-electron chi connectivity index (χ0n) is 13.0. The predicted molar refractivity (Wildman–Crippen MR) is 97.5 cm³/mol. The number of aryl methyl sites for hydroxylation is 1. The fourth-order valence-electron chi connectivity index (χ4n) is 2.34. The minimum atomic E-state index is 0.211. The molecule has 0 unspecified atom stereocenters. The van der Waals surface area contributed by atoms with E-state index in [1.54, 1.807) is 29.4 Å². The number of carbonyl (C=O) groups is 1. The van der Waals surface area contributed by atoms with Crippen molar-refractivity contribution < 1.29 is 4.79 Å². The van der Waals surface area contributed by atoms with Crippen LogP contribution in [0, 0.1) is 0 Å². The van der Waals surface area contributed by atoms with Gasteiger partial charge in [-0.25, -0.2) is 9.97 Å². The Bertz CT molecular complexity index is 799. The number of carbonyl (C=O) groups excluding carboxylic acids is 1. The number of rotatable bonds is 7. The Labute approximate surface area is 144 Å². The van der Waals surface area contributed by atoms with Crippen molar-refractivity contribution in [1.82, 2.24) is 9.97 Å². The van der Waals surface area contributed by atoms with Gasteiger partial charge in [0.1, 0.15) is 16.2 Å². The highest BCUT2D eigenvalue weighted by Gasteiger charge is 2.09. The van der Waals surface area contributed by atoms with Gasteiger partial charge in [-0.15, -0.1) is 23.1 Å². The van der Waals surface area contributed by atoms with Gasteiger partial charge in [-0.3, -0.25) is 4.79 Å². The summed E-state index contributed by atoms with van der Waals surface area (Å²) < 4.78 is 0. The second kappa shape index (κ2) is 7.70. The van der Waals surface area contributed by atoms with Crippen LogP contribution in [-0.2, 0) is 6.42 Å². The lowest BCUT2D eigenvalue weighted by atomic mass is 10.1. The van der Waals surface area contributed by atoms with Crippen LogP contribution in [0.3, 0.4) is 0 Å². The molecule has 2 aromatic heterocycles. The molecule has 0 N–H and O–H groups in total. The van der Waals surface area contributed by atoms with Gasteiger partial charge in [-0.05, 0) is 24.7 Å². The molecule has 0 atom stereocenters. The van der Waals surface area contributed by atoms with Gasteiger partial charge in [-0.2, -0.15) is 0 Å². The van der Waals surface area contributed by atoms with E-state index in [-0.39, 0.29) is 5.78 Å². The highest BCUT2D eigenvalue weighted by Crippen LogP contribution is 2.31. The molecule has 2 heterocycles. The number of thiophene rings is 1. The van der Waals surface area contributed by atoms with Crippen molar-refractivity contribution in [2.75, 3.05) is 5.75 Å². The summed E-state index contributed by atoms with van der Waals surface area (Å²) >= 11 is 3.45. The van der Waals surface area contributed by atoms with Crippen molar-refractivity contribution in [2.45, 2.75) is 31.2 Å². The van der Waals surface area contributed by atoms with Crippen molar-refractivity contribution in [3.05, 3.63) is 53.2 Å². The SMILES string of the molecule is CCc1cc2c(SCCCC(=O)c3ccccc3)ncnc2s1. The van der Waals surface area contributed by atoms with E-state index in [0.29, 0.717) is 6.42 Å². The Morgan fingerprint density at radius 1 is 1.22 bits per heavy atom. The molecule has 3 nitrogen and oxygen atoms in total. The molecule has 118 valence electrons. The Morgan fingerprint density at radius 3 is 2.83 bits per heavy atom. The molecule has 0 bridgehead atoms. The standard InChI is InChI=1S/C18H18N2OS2/c1-2-14-11-15-17(19-12-20-18(15)23-14)22-10-6-9-16(21)13-7-4-3-5-8-13/h3-5,7-8,11-12H,2,6,9-10H2,1H3. The number of aromatic nitrogens is 2. The summed E-state index contributed by atoms with van der Waals surface area (Å²) in [6.07, 6.45) is 4.09. The molecule has 0 amide bonds. The van der Waals surface area contributed by atoms with Gasteiger partial charge in [0.2, 0.25) is 0 Å². The summed E-state index contributed by atoms with van der Waals surface area (Å²) in [5, 5.41) is 2.17. The predicted octanol–water partition coefficient (Wildman–Crippen LogP) is 5.01. The number of nitrogens with zero attached hydrogens (tertiary/aromatic N) is 2. The van der Waals surface area contributed by atoms with Gasteiger partial charge in [-0.1, -0.05) is 37.3 Å². The van der Waals surface area contributed by atoms with Crippen LogP contribution < -0.4 is 0 Å².